The van der Waals surface area contributed by atoms with E-state index in [0.717, 1.165) is 43.4 Å². The number of hydrogen-bond acceptors (Lipinski definition) is 3. The van der Waals surface area contributed by atoms with Gasteiger partial charge in [0, 0.05) is 26.0 Å². The van der Waals surface area contributed by atoms with Crippen molar-refractivity contribution in [3.63, 3.8) is 0 Å². The normalized spacial score (nSPS) is 14.2. The van der Waals surface area contributed by atoms with Crippen molar-refractivity contribution in [2.24, 2.45) is 0 Å². The Morgan fingerprint density at radius 2 is 2.16 bits per heavy atom. The minimum atomic E-state index is -0.668. The van der Waals surface area contributed by atoms with E-state index < -0.39 is 5.24 Å². The molecule has 104 valence electrons. The molecule has 5 heteroatoms. The topological polar surface area (TPSA) is 48.3 Å². The number of aromatic nitrogens is 1. The summed E-state index contributed by atoms with van der Waals surface area (Å²) in [6.45, 7) is 1.17. The summed E-state index contributed by atoms with van der Waals surface area (Å²) in [5.41, 5.74) is 1.98. The first kappa shape index (κ1) is 14.3. The fraction of sp³-hybridized carbons (Fsp3) is 0.571. The van der Waals surface area contributed by atoms with Gasteiger partial charge in [0.05, 0.1) is 5.56 Å². The maximum absolute atomic E-state index is 12.3. The summed E-state index contributed by atoms with van der Waals surface area (Å²) >= 11 is 5.51. The van der Waals surface area contributed by atoms with Crippen molar-refractivity contribution >= 4 is 16.8 Å². The maximum Gasteiger partial charge on any atom is 0.262 e. The van der Waals surface area contributed by atoms with Crippen molar-refractivity contribution in [1.82, 2.24) is 4.57 Å². The van der Waals surface area contributed by atoms with E-state index in [4.69, 9.17) is 16.3 Å². The minimum Gasteiger partial charge on any atom is -0.385 e. The molecule has 1 aliphatic carbocycles. The van der Waals surface area contributed by atoms with Crippen LogP contribution in [0.15, 0.2) is 10.9 Å². The third-order valence-corrected chi connectivity index (χ3v) is 3.75. The van der Waals surface area contributed by atoms with E-state index in [1.54, 1.807) is 17.7 Å². The fourth-order valence-corrected chi connectivity index (χ4v) is 2.76. The van der Waals surface area contributed by atoms with Gasteiger partial charge < -0.3 is 9.30 Å². The van der Waals surface area contributed by atoms with Crippen LogP contribution in [0.25, 0.3) is 0 Å². The Balaban J connectivity index is 2.44. The Morgan fingerprint density at radius 1 is 1.42 bits per heavy atom. The highest BCUT2D eigenvalue weighted by Gasteiger charge is 2.19. The number of carbonyl (C=O) groups is 1. The molecule has 0 amide bonds. The molecule has 0 radical (unpaired) electrons. The second-order valence-electron chi connectivity index (χ2n) is 4.81. The minimum absolute atomic E-state index is 0.0970. The van der Waals surface area contributed by atoms with Crippen LogP contribution in [0.5, 0.6) is 0 Å². The van der Waals surface area contributed by atoms with Crippen molar-refractivity contribution in [2.75, 3.05) is 13.7 Å². The van der Waals surface area contributed by atoms with Crippen molar-refractivity contribution in [3.8, 4) is 0 Å². The molecule has 0 saturated carbocycles. The summed E-state index contributed by atoms with van der Waals surface area (Å²) in [6, 6.07) is 1.68. The Labute approximate surface area is 117 Å². The first-order valence-electron chi connectivity index (χ1n) is 6.59. The number of rotatable bonds is 5. The van der Waals surface area contributed by atoms with Gasteiger partial charge in [-0.1, -0.05) is 0 Å². The number of methoxy groups -OCH3 is 1. The number of aryl methyl sites for hydroxylation is 1. The van der Waals surface area contributed by atoms with Gasteiger partial charge in [0.2, 0.25) is 0 Å². The Hall–Kier alpha value is -1.13. The highest BCUT2D eigenvalue weighted by molar-refractivity contribution is 6.67. The van der Waals surface area contributed by atoms with Gasteiger partial charge >= 0.3 is 0 Å². The molecule has 0 unspecified atom stereocenters. The molecule has 1 aliphatic rings. The second-order valence-corrected chi connectivity index (χ2v) is 5.16. The molecule has 2 rings (SSSR count). The van der Waals surface area contributed by atoms with Crippen LogP contribution in [0.2, 0.25) is 0 Å². The van der Waals surface area contributed by atoms with E-state index in [1.165, 1.54) is 0 Å². The van der Waals surface area contributed by atoms with E-state index in [1.807, 2.05) is 0 Å². The summed E-state index contributed by atoms with van der Waals surface area (Å²) in [6.07, 6.45) is 4.75. The van der Waals surface area contributed by atoms with Crippen molar-refractivity contribution in [1.29, 1.82) is 0 Å². The molecule has 4 nitrogen and oxygen atoms in total. The molecule has 0 bridgehead atoms. The van der Waals surface area contributed by atoms with Gasteiger partial charge in [-0.2, -0.15) is 0 Å². The van der Waals surface area contributed by atoms with Gasteiger partial charge in [-0.05, 0) is 55.3 Å². The zero-order valence-electron chi connectivity index (χ0n) is 11.1. The second kappa shape index (κ2) is 6.35. The lowest BCUT2D eigenvalue weighted by Crippen LogP contribution is -2.31. The first-order chi connectivity index (χ1) is 9.15. The molecule has 1 aromatic rings. The van der Waals surface area contributed by atoms with E-state index in [0.29, 0.717) is 13.2 Å². The SMILES string of the molecule is COCCCn1c2c(cc(C(=O)Cl)c1=O)CCCC2. The van der Waals surface area contributed by atoms with Gasteiger partial charge in [0.1, 0.15) is 0 Å². The van der Waals surface area contributed by atoms with Crippen LogP contribution in [0.1, 0.15) is 40.9 Å². The fourth-order valence-electron chi connectivity index (χ4n) is 2.62. The lowest BCUT2D eigenvalue weighted by Gasteiger charge is -2.21. The average molecular weight is 284 g/mol. The zero-order valence-corrected chi connectivity index (χ0v) is 11.8. The van der Waals surface area contributed by atoms with Crippen LogP contribution in [0.3, 0.4) is 0 Å². The molecular weight excluding hydrogens is 266 g/mol. The summed E-state index contributed by atoms with van der Waals surface area (Å²) in [5.74, 6) is 0. The molecule has 0 aliphatic heterocycles. The molecule has 0 N–H and O–H groups in total. The van der Waals surface area contributed by atoms with E-state index >= 15 is 0 Å². The van der Waals surface area contributed by atoms with Gasteiger partial charge in [-0.15, -0.1) is 0 Å². The molecule has 0 aromatic carbocycles. The van der Waals surface area contributed by atoms with Gasteiger partial charge in [-0.25, -0.2) is 0 Å². The van der Waals surface area contributed by atoms with Crippen LogP contribution >= 0.6 is 11.6 Å². The number of fused-ring (bicyclic) bond motifs is 1. The largest absolute Gasteiger partial charge is 0.385 e. The van der Waals surface area contributed by atoms with Crippen LogP contribution in [-0.2, 0) is 24.1 Å². The van der Waals surface area contributed by atoms with Crippen molar-refractivity contribution in [2.45, 2.75) is 38.6 Å². The van der Waals surface area contributed by atoms with Crippen molar-refractivity contribution < 1.29 is 9.53 Å². The van der Waals surface area contributed by atoms with Crippen molar-refractivity contribution in [3.05, 3.63) is 33.2 Å². The van der Waals surface area contributed by atoms with Crippen LogP contribution in [-0.4, -0.2) is 23.5 Å². The zero-order chi connectivity index (χ0) is 13.8. The number of nitrogens with zero attached hydrogens (tertiary/aromatic N) is 1. The average Bonchev–Trinajstić information content (AvgIpc) is 2.40. The monoisotopic (exact) mass is 283 g/mol. The lowest BCUT2D eigenvalue weighted by atomic mass is 9.94. The Morgan fingerprint density at radius 3 is 2.84 bits per heavy atom. The van der Waals surface area contributed by atoms with Gasteiger partial charge in [-0.3, -0.25) is 9.59 Å². The number of halogens is 1. The molecule has 1 heterocycles. The third kappa shape index (κ3) is 3.07. The summed E-state index contributed by atoms with van der Waals surface area (Å²) < 4.78 is 6.73. The van der Waals surface area contributed by atoms with Gasteiger partial charge in [0.25, 0.3) is 10.8 Å². The van der Waals surface area contributed by atoms with Gasteiger partial charge in [0.15, 0.2) is 0 Å². The van der Waals surface area contributed by atoms with E-state index in [-0.39, 0.29) is 11.1 Å². The van der Waals surface area contributed by atoms with E-state index in [2.05, 4.69) is 0 Å². The standard InChI is InChI=1S/C14H18ClNO3/c1-19-8-4-7-16-12-6-3-2-5-10(12)9-11(13(15)17)14(16)18/h9H,2-8H2,1H3. The highest BCUT2D eigenvalue weighted by Crippen LogP contribution is 2.21. The maximum atomic E-state index is 12.3. The Kier molecular flexibility index (Phi) is 4.77. The number of pyridine rings is 1. The molecule has 0 saturated heterocycles. The molecular formula is C14H18ClNO3. The molecule has 19 heavy (non-hydrogen) atoms. The molecule has 0 spiro atoms. The number of carbonyl (C=O) groups excluding carboxylic acids is 1. The molecule has 0 atom stereocenters. The summed E-state index contributed by atoms with van der Waals surface area (Å²) in [5, 5.41) is -0.668. The highest BCUT2D eigenvalue weighted by atomic mass is 35.5. The molecule has 0 fully saturated rings. The quantitative estimate of drug-likeness (QED) is 0.614. The predicted molar refractivity (Wildman–Crippen MR) is 74.0 cm³/mol. The number of hydrogen-bond donors (Lipinski definition) is 0. The third-order valence-electron chi connectivity index (χ3n) is 3.54. The van der Waals surface area contributed by atoms with Crippen LogP contribution < -0.4 is 5.56 Å². The van der Waals surface area contributed by atoms with Crippen LogP contribution in [0, 0.1) is 0 Å². The Bertz CT molecular complexity index is 536. The number of ether oxygens (including phenoxy) is 1. The molecule has 1 aromatic heterocycles. The van der Waals surface area contributed by atoms with Crippen LogP contribution in [0.4, 0.5) is 0 Å². The van der Waals surface area contributed by atoms with E-state index in [9.17, 15) is 9.59 Å². The summed E-state index contributed by atoms with van der Waals surface area (Å²) in [7, 11) is 1.64. The summed E-state index contributed by atoms with van der Waals surface area (Å²) in [4.78, 5) is 23.7. The first-order valence-corrected chi connectivity index (χ1v) is 6.97. The lowest BCUT2D eigenvalue weighted by molar-refractivity contribution is 0.107. The smallest absolute Gasteiger partial charge is 0.262 e. The predicted octanol–water partition coefficient (Wildman–Crippen LogP) is 2.14.